The van der Waals surface area contributed by atoms with Crippen LogP contribution < -0.4 is 10.9 Å². The zero-order valence-electron chi connectivity index (χ0n) is 11.8. The number of hydrogen-bond acceptors (Lipinski definition) is 5. The number of nitrogens with zero attached hydrogens (tertiary/aromatic N) is 1. The maximum absolute atomic E-state index is 11.7. The van der Waals surface area contributed by atoms with E-state index in [1.54, 1.807) is 26.0 Å². The Morgan fingerprint density at radius 1 is 1.10 bits per heavy atom. The summed E-state index contributed by atoms with van der Waals surface area (Å²) in [5.74, 6) is 0. The van der Waals surface area contributed by atoms with Crippen LogP contribution in [-0.2, 0) is 9.47 Å². The fourth-order valence-corrected chi connectivity index (χ4v) is 1.32. The molecule has 0 saturated carbocycles. The molecule has 0 heterocycles. The van der Waals surface area contributed by atoms with Crippen molar-refractivity contribution in [1.82, 2.24) is 10.5 Å². The maximum atomic E-state index is 11.7. The fourth-order valence-electron chi connectivity index (χ4n) is 1.32. The monoisotopic (exact) mass is 281 g/mol. The van der Waals surface area contributed by atoms with E-state index < -0.39 is 12.2 Å². The van der Waals surface area contributed by atoms with E-state index in [-0.39, 0.29) is 13.2 Å². The van der Waals surface area contributed by atoms with Gasteiger partial charge in [0, 0.05) is 0 Å². The minimum absolute atomic E-state index is 0.190. The lowest BCUT2D eigenvalue weighted by atomic mass is 10.2. The van der Waals surface area contributed by atoms with Crippen LogP contribution in [-0.4, -0.2) is 30.5 Å². The number of ether oxygens (including phenoxy) is 2. The zero-order chi connectivity index (χ0) is 15.0. The summed E-state index contributed by atoms with van der Waals surface area (Å²) >= 11 is 0. The molecule has 7 heteroatoms. The fraction of sp³-hybridized carbons (Fsp3) is 0.385. The predicted molar refractivity (Wildman–Crippen MR) is 73.8 cm³/mol. The number of anilines is 1. The average Bonchev–Trinajstić information content (AvgIpc) is 2.41. The Morgan fingerprint density at radius 2 is 1.70 bits per heavy atom. The summed E-state index contributed by atoms with van der Waals surface area (Å²) in [6.07, 6.45) is -1.48. The second-order valence-corrected chi connectivity index (χ2v) is 3.84. The number of carbonyl (C=O) groups is 2. The summed E-state index contributed by atoms with van der Waals surface area (Å²) in [7, 11) is 0. The zero-order valence-corrected chi connectivity index (χ0v) is 11.8. The van der Waals surface area contributed by atoms with Crippen molar-refractivity contribution < 1.29 is 19.1 Å². The molecule has 1 aromatic rings. The Kier molecular flexibility index (Phi) is 6.15. The van der Waals surface area contributed by atoms with Gasteiger partial charge in [-0.1, -0.05) is 17.7 Å². The largest absolute Gasteiger partial charge is 0.449 e. The molecule has 0 unspecified atom stereocenters. The third-order valence-electron chi connectivity index (χ3n) is 2.22. The summed E-state index contributed by atoms with van der Waals surface area (Å²) < 4.78 is 9.55. The molecule has 7 nitrogen and oxygen atoms in total. The Hall–Kier alpha value is -2.44. The topological polar surface area (TPSA) is 79.9 Å². The van der Waals surface area contributed by atoms with E-state index in [0.29, 0.717) is 5.69 Å². The third-order valence-corrected chi connectivity index (χ3v) is 2.22. The van der Waals surface area contributed by atoms with Crippen molar-refractivity contribution in [2.24, 2.45) is 0 Å². The summed E-state index contributed by atoms with van der Waals surface area (Å²) in [4.78, 5) is 23.1. The molecule has 0 aliphatic heterocycles. The first kappa shape index (κ1) is 15.6. The molecule has 0 aliphatic carbocycles. The number of hydrazine groups is 2. The van der Waals surface area contributed by atoms with E-state index >= 15 is 0 Å². The highest BCUT2D eigenvalue weighted by Crippen LogP contribution is 2.09. The van der Waals surface area contributed by atoms with Gasteiger partial charge in [-0.2, -0.15) is 0 Å². The van der Waals surface area contributed by atoms with Crippen molar-refractivity contribution in [3.63, 3.8) is 0 Å². The first-order valence-electron chi connectivity index (χ1n) is 6.30. The number of hydrogen-bond donors (Lipinski definition) is 2. The molecule has 0 spiro atoms. The summed E-state index contributed by atoms with van der Waals surface area (Å²) in [5.41, 5.74) is 6.68. The van der Waals surface area contributed by atoms with Gasteiger partial charge in [0.1, 0.15) is 0 Å². The predicted octanol–water partition coefficient (Wildman–Crippen LogP) is 2.44. The van der Waals surface area contributed by atoms with Crippen LogP contribution in [0.3, 0.4) is 0 Å². The van der Waals surface area contributed by atoms with Gasteiger partial charge in [0.05, 0.1) is 18.9 Å². The number of amides is 2. The Bertz CT molecular complexity index is 447. The highest BCUT2D eigenvalue weighted by Gasteiger charge is 2.18. The van der Waals surface area contributed by atoms with Gasteiger partial charge < -0.3 is 9.47 Å². The number of carbonyl (C=O) groups excluding carboxylic acids is 2. The Morgan fingerprint density at radius 3 is 2.25 bits per heavy atom. The van der Waals surface area contributed by atoms with Crippen LogP contribution >= 0.6 is 0 Å². The SMILES string of the molecule is CCOC(=O)NN(Nc1ccc(C)cc1)C(=O)OCC. The molecule has 20 heavy (non-hydrogen) atoms. The summed E-state index contributed by atoms with van der Waals surface area (Å²) in [5, 5.41) is 0.839. The van der Waals surface area contributed by atoms with Gasteiger partial charge in [-0.3, -0.25) is 5.43 Å². The Balaban J connectivity index is 2.73. The van der Waals surface area contributed by atoms with Gasteiger partial charge in [0.25, 0.3) is 0 Å². The van der Waals surface area contributed by atoms with E-state index in [1.165, 1.54) is 0 Å². The summed E-state index contributed by atoms with van der Waals surface area (Å²) in [6.45, 7) is 5.68. The van der Waals surface area contributed by atoms with E-state index in [9.17, 15) is 9.59 Å². The smallest absolute Gasteiger partial charge is 0.448 e. The first-order chi connectivity index (χ1) is 9.56. The number of aryl methyl sites for hydroxylation is 1. The molecule has 1 aromatic carbocycles. The van der Waals surface area contributed by atoms with Crippen LogP contribution in [0.4, 0.5) is 15.3 Å². The van der Waals surface area contributed by atoms with E-state index in [0.717, 1.165) is 10.7 Å². The highest BCUT2D eigenvalue weighted by molar-refractivity contribution is 5.75. The molecular weight excluding hydrogens is 262 g/mol. The van der Waals surface area contributed by atoms with Crippen LogP contribution in [0.5, 0.6) is 0 Å². The van der Waals surface area contributed by atoms with Crippen LogP contribution in [0, 0.1) is 6.92 Å². The molecule has 0 aliphatic rings. The minimum atomic E-state index is -0.750. The molecule has 0 atom stereocenters. The lowest BCUT2D eigenvalue weighted by Gasteiger charge is -2.23. The van der Waals surface area contributed by atoms with Crippen molar-refractivity contribution >= 4 is 17.9 Å². The third kappa shape index (κ3) is 5.05. The van der Waals surface area contributed by atoms with Gasteiger partial charge >= 0.3 is 12.2 Å². The highest BCUT2D eigenvalue weighted by atomic mass is 16.6. The molecule has 0 radical (unpaired) electrons. The van der Waals surface area contributed by atoms with Gasteiger partial charge in [-0.25, -0.2) is 15.0 Å². The van der Waals surface area contributed by atoms with E-state index in [1.807, 2.05) is 19.1 Å². The molecule has 110 valence electrons. The van der Waals surface area contributed by atoms with Crippen molar-refractivity contribution in [3.8, 4) is 0 Å². The minimum Gasteiger partial charge on any atom is -0.449 e. The van der Waals surface area contributed by atoms with Crippen molar-refractivity contribution in [1.29, 1.82) is 0 Å². The quantitative estimate of drug-likeness (QED) is 0.829. The van der Waals surface area contributed by atoms with Crippen LogP contribution in [0.2, 0.25) is 0 Å². The van der Waals surface area contributed by atoms with E-state index in [4.69, 9.17) is 9.47 Å². The number of rotatable bonds is 4. The standard InChI is InChI=1S/C13H19N3O4/c1-4-19-12(17)15-16(13(18)20-5-2)14-11-8-6-10(3)7-9-11/h6-9,14H,4-5H2,1-3H3,(H,15,17). The first-order valence-corrected chi connectivity index (χ1v) is 6.30. The molecule has 1 rings (SSSR count). The second-order valence-electron chi connectivity index (χ2n) is 3.84. The lowest BCUT2D eigenvalue weighted by molar-refractivity contribution is 0.0843. The van der Waals surface area contributed by atoms with Gasteiger partial charge in [-0.05, 0) is 32.9 Å². The van der Waals surface area contributed by atoms with Gasteiger partial charge in [-0.15, -0.1) is 5.12 Å². The van der Waals surface area contributed by atoms with Crippen LogP contribution in [0.25, 0.3) is 0 Å². The summed E-state index contributed by atoms with van der Waals surface area (Å²) in [6, 6.07) is 7.29. The molecule has 0 fully saturated rings. The molecule has 0 bridgehead atoms. The van der Waals surface area contributed by atoms with Crippen molar-refractivity contribution in [2.75, 3.05) is 18.6 Å². The second kappa shape index (κ2) is 7.88. The molecule has 2 N–H and O–H groups in total. The lowest BCUT2D eigenvalue weighted by Crippen LogP contribution is -2.50. The van der Waals surface area contributed by atoms with Crippen molar-refractivity contribution in [2.45, 2.75) is 20.8 Å². The molecule has 0 aromatic heterocycles. The Labute approximate surface area is 117 Å². The average molecular weight is 281 g/mol. The van der Waals surface area contributed by atoms with Crippen molar-refractivity contribution in [3.05, 3.63) is 29.8 Å². The number of nitrogens with one attached hydrogen (secondary N) is 2. The van der Waals surface area contributed by atoms with Crippen LogP contribution in [0.15, 0.2) is 24.3 Å². The molecule has 2 amide bonds. The maximum Gasteiger partial charge on any atom is 0.448 e. The van der Waals surface area contributed by atoms with Gasteiger partial charge in [0.15, 0.2) is 0 Å². The molecule has 0 saturated heterocycles. The molecular formula is C13H19N3O4. The van der Waals surface area contributed by atoms with Gasteiger partial charge in [0.2, 0.25) is 0 Å². The van der Waals surface area contributed by atoms with Crippen LogP contribution in [0.1, 0.15) is 19.4 Å². The number of benzene rings is 1. The normalized spacial score (nSPS) is 9.55. The van der Waals surface area contributed by atoms with E-state index in [2.05, 4.69) is 10.9 Å².